The minimum absolute atomic E-state index is 0.130. The number of rotatable bonds is 0. The number of H-pyrrole nitrogens is 1. The molecule has 0 amide bonds. The van der Waals surface area contributed by atoms with Crippen molar-refractivity contribution in [2.75, 3.05) is 0 Å². The molecule has 0 unspecified atom stereocenters. The maximum atomic E-state index is 11.6. The van der Waals surface area contributed by atoms with E-state index in [1.807, 2.05) is 6.07 Å². The molecule has 1 N–H and O–H groups in total. The molecule has 0 saturated heterocycles. The Bertz CT molecular complexity index is 764. The van der Waals surface area contributed by atoms with Gasteiger partial charge in [0.1, 0.15) is 4.70 Å². The third kappa shape index (κ3) is 1.32. The number of nitrogens with one attached hydrogen (secondary N) is 1. The van der Waals surface area contributed by atoms with Crippen LogP contribution in [0.1, 0.15) is 0 Å². The molecule has 1 aromatic carbocycles. The van der Waals surface area contributed by atoms with Crippen LogP contribution in [0, 0.1) is 0 Å². The van der Waals surface area contributed by atoms with Crippen molar-refractivity contribution in [3.63, 3.8) is 0 Å². The lowest BCUT2D eigenvalue weighted by molar-refractivity contribution is 1.18. The van der Waals surface area contributed by atoms with Gasteiger partial charge in [0.15, 0.2) is 0 Å². The highest BCUT2D eigenvalue weighted by Gasteiger charge is 2.13. The molecule has 80 valence electrons. The van der Waals surface area contributed by atoms with Gasteiger partial charge in [-0.2, -0.15) is 0 Å². The third-order valence-electron chi connectivity index (χ3n) is 2.31. The number of hydrogen-bond acceptors (Lipinski definition) is 3. The Morgan fingerprint density at radius 1 is 1.38 bits per heavy atom. The van der Waals surface area contributed by atoms with Gasteiger partial charge in [-0.15, -0.1) is 11.3 Å². The number of aromatic amines is 1. The number of fused-ring (bicyclic) bond motifs is 3. The second-order valence-electron chi connectivity index (χ2n) is 3.24. The highest BCUT2D eigenvalue weighted by atomic mass is 79.9. The van der Waals surface area contributed by atoms with Gasteiger partial charge in [0.25, 0.3) is 5.56 Å². The predicted octanol–water partition coefficient (Wildman–Crippen LogP) is 3.55. The van der Waals surface area contributed by atoms with Crippen molar-refractivity contribution in [2.24, 2.45) is 0 Å². The number of halogens is 2. The topological polar surface area (TPSA) is 45.8 Å². The van der Waals surface area contributed by atoms with Gasteiger partial charge in [0.2, 0.25) is 0 Å². The maximum absolute atomic E-state index is 11.6. The summed E-state index contributed by atoms with van der Waals surface area (Å²) in [4.78, 5) is 18.4. The van der Waals surface area contributed by atoms with Crippen molar-refractivity contribution in [2.45, 2.75) is 0 Å². The molecule has 3 nitrogen and oxygen atoms in total. The monoisotopic (exact) mass is 314 g/mol. The largest absolute Gasteiger partial charge is 0.312 e. The molecule has 0 fully saturated rings. The predicted molar refractivity (Wildman–Crippen MR) is 70.5 cm³/mol. The Hall–Kier alpha value is -0.910. The minimum Gasteiger partial charge on any atom is -0.312 e. The lowest BCUT2D eigenvalue weighted by Gasteiger charge is -1.96. The fraction of sp³-hybridized carbons (Fsp3) is 0. The van der Waals surface area contributed by atoms with Crippen LogP contribution in [0.15, 0.2) is 27.7 Å². The molecule has 6 heteroatoms. The molecular weight excluding hydrogens is 312 g/mol. The quantitative estimate of drug-likeness (QED) is 0.689. The summed E-state index contributed by atoms with van der Waals surface area (Å²) in [5, 5.41) is 1.45. The van der Waals surface area contributed by atoms with Gasteiger partial charge in [-0.1, -0.05) is 11.6 Å². The molecule has 0 aliphatic heterocycles. The van der Waals surface area contributed by atoms with Crippen molar-refractivity contribution in [1.82, 2.24) is 9.97 Å². The van der Waals surface area contributed by atoms with E-state index in [0.717, 1.165) is 14.6 Å². The van der Waals surface area contributed by atoms with Gasteiger partial charge in [0, 0.05) is 9.86 Å². The molecule has 0 radical (unpaired) electrons. The maximum Gasteiger partial charge on any atom is 0.268 e. The number of aromatic nitrogens is 2. The molecule has 0 spiro atoms. The zero-order valence-corrected chi connectivity index (χ0v) is 10.9. The van der Waals surface area contributed by atoms with E-state index in [2.05, 4.69) is 25.9 Å². The van der Waals surface area contributed by atoms with Crippen LogP contribution in [0.25, 0.3) is 20.3 Å². The van der Waals surface area contributed by atoms with Gasteiger partial charge in [0.05, 0.1) is 21.6 Å². The minimum atomic E-state index is -0.130. The molecule has 3 aromatic rings. The van der Waals surface area contributed by atoms with Crippen LogP contribution < -0.4 is 5.56 Å². The molecule has 3 rings (SSSR count). The SMILES string of the molecule is O=c1[nH]cnc2c1sc1c(Br)ccc(Cl)c12. The summed E-state index contributed by atoms with van der Waals surface area (Å²) in [6.45, 7) is 0. The van der Waals surface area contributed by atoms with E-state index in [4.69, 9.17) is 11.6 Å². The molecule has 0 saturated carbocycles. The lowest BCUT2D eigenvalue weighted by atomic mass is 10.2. The van der Waals surface area contributed by atoms with Gasteiger partial charge in [-0.25, -0.2) is 4.98 Å². The van der Waals surface area contributed by atoms with Gasteiger partial charge < -0.3 is 4.98 Å². The van der Waals surface area contributed by atoms with E-state index in [-0.39, 0.29) is 5.56 Å². The molecule has 0 atom stereocenters. The van der Waals surface area contributed by atoms with E-state index >= 15 is 0 Å². The smallest absolute Gasteiger partial charge is 0.268 e. The standard InChI is InChI=1S/C10H4BrClN2OS/c11-4-1-2-5(12)6-7-9(16-8(4)6)10(15)14-3-13-7/h1-3H,(H,13,14,15). The first-order valence-corrected chi connectivity index (χ1v) is 6.41. The fourth-order valence-corrected chi connectivity index (χ4v) is 3.57. The van der Waals surface area contributed by atoms with E-state index in [1.54, 1.807) is 6.07 Å². The highest BCUT2D eigenvalue weighted by molar-refractivity contribution is 9.10. The van der Waals surface area contributed by atoms with E-state index in [1.165, 1.54) is 17.7 Å². The van der Waals surface area contributed by atoms with Gasteiger partial charge in [-0.3, -0.25) is 4.79 Å². The summed E-state index contributed by atoms with van der Waals surface area (Å²) >= 11 is 11.0. The Morgan fingerprint density at radius 2 is 2.19 bits per heavy atom. The van der Waals surface area contributed by atoms with Crippen LogP contribution in [0.4, 0.5) is 0 Å². The van der Waals surface area contributed by atoms with Crippen LogP contribution in [0.3, 0.4) is 0 Å². The van der Waals surface area contributed by atoms with Crippen molar-refractivity contribution in [1.29, 1.82) is 0 Å². The van der Waals surface area contributed by atoms with Crippen LogP contribution in [-0.2, 0) is 0 Å². The first-order chi connectivity index (χ1) is 7.68. The van der Waals surface area contributed by atoms with Crippen molar-refractivity contribution in [3.05, 3.63) is 38.3 Å². The Labute approximate surface area is 107 Å². The summed E-state index contributed by atoms with van der Waals surface area (Å²) in [7, 11) is 0. The molecule has 2 aromatic heterocycles. The second-order valence-corrected chi connectivity index (χ2v) is 5.53. The number of benzene rings is 1. The highest BCUT2D eigenvalue weighted by Crippen LogP contribution is 2.39. The third-order valence-corrected chi connectivity index (χ3v) is 4.76. The molecular formula is C10H4BrClN2OS. The van der Waals surface area contributed by atoms with E-state index < -0.39 is 0 Å². The second kappa shape index (κ2) is 3.55. The van der Waals surface area contributed by atoms with E-state index in [9.17, 15) is 4.79 Å². The number of thiophene rings is 1. The van der Waals surface area contributed by atoms with Crippen molar-refractivity contribution in [3.8, 4) is 0 Å². The van der Waals surface area contributed by atoms with Gasteiger partial charge >= 0.3 is 0 Å². The molecule has 0 aliphatic carbocycles. The van der Waals surface area contributed by atoms with Crippen LogP contribution in [-0.4, -0.2) is 9.97 Å². The number of hydrogen-bond donors (Lipinski definition) is 1. The van der Waals surface area contributed by atoms with Crippen LogP contribution in [0.2, 0.25) is 5.02 Å². The summed E-state index contributed by atoms with van der Waals surface area (Å²) in [6, 6.07) is 3.66. The first kappa shape index (κ1) is 10.3. The Kier molecular flexibility index (Phi) is 2.27. The summed E-state index contributed by atoms with van der Waals surface area (Å²) in [5.41, 5.74) is 0.532. The zero-order chi connectivity index (χ0) is 11.3. The Balaban J connectivity index is 2.72. The zero-order valence-electron chi connectivity index (χ0n) is 7.75. The Morgan fingerprint density at radius 3 is 3.00 bits per heavy atom. The lowest BCUT2D eigenvalue weighted by Crippen LogP contribution is -2.03. The normalized spacial score (nSPS) is 11.4. The molecule has 0 bridgehead atoms. The summed E-state index contributed by atoms with van der Waals surface area (Å²) < 4.78 is 2.48. The summed E-state index contributed by atoms with van der Waals surface area (Å²) in [6.07, 6.45) is 1.40. The van der Waals surface area contributed by atoms with Crippen molar-refractivity contribution >= 4 is 59.2 Å². The van der Waals surface area contributed by atoms with Crippen LogP contribution >= 0.6 is 38.9 Å². The van der Waals surface area contributed by atoms with E-state index in [0.29, 0.717) is 15.2 Å². The fourth-order valence-electron chi connectivity index (χ4n) is 1.62. The summed E-state index contributed by atoms with van der Waals surface area (Å²) in [5.74, 6) is 0. The van der Waals surface area contributed by atoms with Crippen molar-refractivity contribution < 1.29 is 0 Å². The van der Waals surface area contributed by atoms with Crippen LogP contribution in [0.5, 0.6) is 0 Å². The average molecular weight is 316 g/mol. The number of nitrogens with zero attached hydrogens (tertiary/aromatic N) is 1. The first-order valence-electron chi connectivity index (χ1n) is 4.42. The molecule has 0 aliphatic rings. The average Bonchev–Trinajstić information content (AvgIpc) is 2.66. The van der Waals surface area contributed by atoms with Gasteiger partial charge in [-0.05, 0) is 28.1 Å². The molecule has 16 heavy (non-hydrogen) atoms. The molecule has 2 heterocycles.